The summed E-state index contributed by atoms with van der Waals surface area (Å²) < 4.78 is 6.06. The van der Waals surface area contributed by atoms with Gasteiger partial charge < -0.3 is 15.1 Å². The molecule has 0 bridgehead atoms. The molecule has 0 fully saturated rings. The topological polar surface area (TPSA) is 54.3 Å². The summed E-state index contributed by atoms with van der Waals surface area (Å²) in [5.41, 5.74) is 4.02. The van der Waals surface area contributed by atoms with Crippen LogP contribution in [0.1, 0.15) is 51.6 Å². The summed E-state index contributed by atoms with van der Waals surface area (Å²) in [5.74, 6) is 2.09. The van der Waals surface area contributed by atoms with E-state index in [1.165, 1.54) is 10.4 Å². The van der Waals surface area contributed by atoms with Crippen LogP contribution in [-0.2, 0) is 12.8 Å². The van der Waals surface area contributed by atoms with Crippen LogP contribution in [0, 0.1) is 12.8 Å². The molecular weight excluding hydrogens is 392 g/mol. The van der Waals surface area contributed by atoms with Crippen molar-refractivity contribution in [2.24, 2.45) is 5.92 Å². The van der Waals surface area contributed by atoms with E-state index in [0.717, 1.165) is 46.7 Å². The standard InChI is InChI=1S/C22H21ClN2O2S/c1-11-3-6-14-18(9-11)28-22-19(14)21(26)24-20(25-22)17-8-7-16(27-17)13-5-4-12(2)15(23)10-13/h4-5,7-8,10-11,20,25H,3,6,9H2,1-2H3,(H,24,26)/t11-,20+/m1/s1. The van der Waals surface area contributed by atoms with E-state index in [9.17, 15) is 4.79 Å². The maximum Gasteiger partial charge on any atom is 0.256 e. The number of hydrogen-bond donors (Lipinski definition) is 2. The van der Waals surface area contributed by atoms with Gasteiger partial charge in [0.05, 0.1) is 5.56 Å². The first-order valence-electron chi connectivity index (χ1n) is 9.58. The lowest BCUT2D eigenvalue weighted by Crippen LogP contribution is -2.38. The minimum atomic E-state index is -0.368. The number of rotatable bonds is 2. The van der Waals surface area contributed by atoms with Gasteiger partial charge in [-0.05, 0) is 61.4 Å². The number of halogens is 1. The van der Waals surface area contributed by atoms with Crippen molar-refractivity contribution < 1.29 is 9.21 Å². The fourth-order valence-corrected chi connectivity index (χ4v) is 5.63. The lowest BCUT2D eigenvalue weighted by Gasteiger charge is -2.25. The third-order valence-electron chi connectivity index (χ3n) is 5.66. The highest BCUT2D eigenvalue weighted by Gasteiger charge is 2.34. The lowest BCUT2D eigenvalue weighted by molar-refractivity contribution is 0.0930. The number of anilines is 1. The molecule has 1 amide bonds. The van der Waals surface area contributed by atoms with Crippen LogP contribution in [0.25, 0.3) is 11.3 Å². The van der Waals surface area contributed by atoms with E-state index in [1.54, 1.807) is 11.3 Å². The van der Waals surface area contributed by atoms with E-state index < -0.39 is 0 Å². The Labute approximate surface area is 172 Å². The van der Waals surface area contributed by atoms with Crippen LogP contribution >= 0.6 is 22.9 Å². The maximum absolute atomic E-state index is 12.8. The fraction of sp³-hybridized carbons (Fsp3) is 0.318. The predicted molar refractivity (Wildman–Crippen MR) is 113 cm³/mol. The number of benzene rings is 1. The van der Waals surface area contributed by atoms with Gasteiger partial charge in [-0.1, -0.05) is 30.7 Å². The number of hydrogen-bond acceptors (Lipinski definition) is 4. The summed E-state index contributed by atoms with van der Waals surface area (Å²) in [6.07, 6.45) is 2.83. The zero-order valence-corrected chi connectivity index (χ0v) is 17.3. The Morgan fingerprint density at radius 3 is 2.89 bits per heavy atom. The molecule has 3 heterocycles. The molecule has 0 saturated carbocycles. The second kappa shape index (κ2) is 6.68. The number of carbonyl (C=O) groups is 1. The number of carbonyl (C=O) groups excluding carboxylic acids is 1. The minimum absolute atomic E-state index is 0.0119. The molecule has 0 radical (unpaired) electrons. The average Bonchev–Trinajstić information content (AvgIpc) is 3.28. The molecule has 0 saturated heterocycles. The van der Waals surface area contributed by atoms with Gasteiger partial charge in [-0.15, -0.1) is 11.3 Å². The summed E-state index contributed by atoms with van der Waals surface area (Å²) in [6, 6.07) is 9.69. The lowest BCUT2D eigenvalue weighted by atomic mass is 9.88. The van der Waals surface area contributed by atoms with Crippen molar-refractivity contribution in [2.45, 2.75) is 39.3 Å². The van der Waals surface area contributed by atoms with Crippen LogP contribution in [0.3, 0.4) is 0 Å². The zero-order chi connectivity index (χ0) is 19.4. The zero-order valence-electron chi connectivity index (χ0n) is 15.8. The highest BCUT2D eigenvalue weighted by Crippen LogP contribution is 2.43. The first-order valence-corrected chi connectivity index (χ1v) is 10.8. The van der Waals surface area contributed by atoms with Gasteiger partial charge in [-0.2, -0.15) is 0 Å². The van der Waals surface area contributed by atoms with Gasteiger partial charge in [0.1, 0.15) is 16.5 Å². The molecule has 2 aromatic heterocycles. The van der Waals surface area contributed by atoms with Gasteiger partial charge in [0.15, 0.2) is 6.17 Å². The molecule has 2 atom stereocenters. The van der Waals surface area contributed by atoms with Gasteiger partial charge in [0.25, 0.3) is 5.91 Å². The normalized spacial score (nSPS) is 20.9. The highest BCUT2D eigenvalue weighted by molar-refractivity contribution is 7.16. The number of aryl methyl sites for hydroxylation is 1. The van der Waals surface area contributed by atoms with E-state index in [-0.39, 0.29) is 12.1 Å². The van der Waals surface area contributed by atoms with Crippen molar-refractivity contribution >= 4 is 33.8 Å². The number of thiophene rings is 1. The van der Waals surface area contributed by atoms with Crippen molar-refractivity contribution in [2.75, 3.05) is 5.32 Å². The maximum atomic E-state index is 12.8. The summed E-state index contributed by atoms with van der Waals surface area (Å²) in [5, 5.41) is 8.20. The Morgan fingerprint density at radius 1 is 1.21 bits per heavy atom. The van der Waals surface area contributed by atoms with Crippen molar-refractivity contribution in [1.82, 2.24) is 5.32 Å². The Hall–Kier alpha value is -2.24. The molecule has 144 valence electrons. The van der Waals surface area contributed by atoms with Crippen molar-refractivity contribution in [3.63, 3.8) is 0 Å². The third-order valence-corrected chi connectivity index (χ3v) is 7.25. The summed E-state index contributed by atoms with van der Waals surface area (Å²) in [4.78, 5) is 14.2. The predicted octanol–water partition coefficient (Wildman–Crippen LogP) is 5.95. The fourth-order valence-electron chi connectivity index (χ4n) is 4.01. The summed E-state index contributed by atoms with van der Waals surface area (Å²) >= 11 is 7.96. The molecule has 1 aliphatic carbocycles. The van der Waals surface area contributed by atoms with Crippen LogP contribution in [0.4, 0.5) is 5.00 Å². The Morgan fingerprint density at radius 2 is 2.07 bits per heavy atom. The van der Waals surface area contributed by atoms with Gasteiger partial charge >= 0.3 is 0 Å². The Kier molecular flexibility index (Phi) is 4.25. The average molecular weight is 413 g/mol. The molecule has 28 heavy (non-hydrogen) atoms. The monoisotopic (exact) mass is 412 g/mol. The van der Waals surface area contributed by atoms with E-state index in [1.807, 2.05) is 37.3 Å². The molecule has 1 aromatic carbocycles. The molecule has 4 nitrogen and oxygen atoms in total. The smallest absolute Gasteiger partial charge is 0.256 e. The van der Waals surface area contributed by atoms with E-state index in [4.69, 9.17) is 16.0 Å². The molecular formula is C22H21ClN2O2S. The van der Waals surface area contributed by atoms with Crippen LogP contribution in [0.2, 0.25) is 5.02 Å². The molecule has 6 heteroatoms. The molecule has 2 aliphatic rings. The van der Waals surface area contributed by atoms with Crippen molar-refractivity contribution in [1.29, 1.82) is 0 Å². The van der Waals surface area contributed by atoms with E-state index in [2.05, 4.69) is 17.6 Å². The number of nitrogens with one attached hydrogen (secondary N) is 2. The van der Waals surface area contributed by atoms with Crippen LogP contribution in [0.5, 0.6) is 0 Å². The number of amides is 1. The molecule has 0 unspecified atom stereocenters. The molecule has 5 rings (SSSR count). The second-order valence-electron chi connectivity index (χ2n) is 7.77. The van der Waals surface area contributed by atoms with Crippen molar-refractivity contribution in [3.8, 4) is 11.3 Å². The van der Waals surface area contributed by atoms with Gasteiger partial charge in [0.2, 0.25) is 0 Å². The minimum Gasteiger partial charge on any atom is -0.457 e. The van der Waals surface area contributed by atoms with Crippen LogP contribution < -0.4 is 10.6 Å². The third kappa shape index (κ3) is 2.93. The quantitative estimate of drug-likeness (QED) is 0.546. The van der Waals surface area contributed by atoms with E-state index in [0.29, 0.717) is 16.7 Å². The van der Waals surface area contributed by atoms with Gasteiger partial charge in [-0.3, -0.25) is 4.79 Å². The first-order chi connectivity index (χ1) is 13.5. The van der Waals surface area contributed by atoms with Gasteiger partial charge in [0, 0.05) is 15.5 Å². The number of furan rings is 1. The van der Waals surface area contributed by atoms with Crippen LogP contribution in [-0.4, -0.2) is 5.91 Å². The number of fused-ring (bicyclic) bond motifs is 3. The van der Waals surface area contributed by atoms with Crippen LogP contribution in [0.15, 0.2) is 34.7 Å². The molecule has 1 aliphatic heterocycles. The molecule has 2 N–H and O–H groups in total. The molecule has 0 spiro atoms. The van der Waals surface area contributed by atoms with Gasteiger partial charge in [-0.25, -0.2) is 0 Å². The summed E-state index contributed by atoms with van der Waals surface area (Å²) in [7, 11) is 0. The highest BCUT2D eigenvalue weighted by atomic mass is 35.5. The van der Waals surface area contributed by atoms with Crippen molar-refractivity contribution in [3.05, 3.63) is 62.7 Å². The molecule has 3 aromatic rings. The largest absolute Gasteiger partial charge is 0.457 e. The Balaban J connectivity index is 1.44. The van der Waals surface area contributed by atoms with E-state index >= 15 is 0 Å². The summed E-state index contributed by atoms with van der Waals surface area (Å²) in [6.45, 7) is 4.25. The SMILES string of the molecule is Cc1ccc(-c2ccc([C@H]3NC(=O)c4c(sc5c4CC[C@@H](C)C5)N3)o2)cc1Cl. The first kappa shape index (κ1) is 17.8. The Bertz CT molecular complexity index is 1080. The second-order valence-corrected chi connectivity index (χ2v) is 9.29.